The van der Waals surface area contributed by atoms with Gasteiger partial charge < -0.3 is 10.6 Å². The van der Waals surface area contributed by atoms with Crippen molar-refractivity contribution in [1.82, 2.24) is 0 Å². The van der Waals surface area contributed by atoms with E-state index < -0.39 is 12.7 Å². The molecule has 2 nitrogen and oxygen atoms in total. The highest BCUT2D eigenvalue weighted by molar-refractivity contribution is 9.10. The molecule has 0 amide bonds. The van der Waals surface area contributed by atoms with Gasteiger partial charge in [-0.3, -0.25) is 0 Å². The average Bonchev–Trinajstić information content (AvgIpc) is 2.14. The minimum atomic E-state index is -4.22. The highest BCUT2D eigenvalue weighted by Gasteiger charge is 2.30. The average molecular weight is 297 g/mol. The molecule has 1 aromatic carbocycles. The Hall–Kier alpha value is -0.750. The van der Waals surface area contributed by atoms with E-state index in [4.69, 9.17) is 5.73 Å². The van der Waals surface area contributed by atoms with E-state index in [0.29, 0.717) is 11.3 Å². The van der Waals surface area contributed by atoms with Crippen LogP contribution in [0.25, 0.3) is 0 Å². The van der Waals surface area contributed by atoms with Crippen molar-refractivity contribution in [1.29, 1.82) is 0 Å². The smallest absolute Gasteiger partial charge is 0.365 e. The minimum Gasteiger partial charge on any atom is -0.365 e. The molecule has 0 atom stereocenters. The number of halogens is 4. The van der Waals surface area contributed by atoms with Crippen molar-refractivity contribution in [2.45, 2.75) is 12.7 Å². The fourth-order valence-corrected chi connectivity index (χ4v) is 1.98. The summed E-state index contributed by atoms with van der Waals surface area (Å²) in [6, 6.07) is 5.07. The van der Waals surface area contributed by atoms with E-state index in [1.54, 1.807) is 18.2 Å². The lowest BCUT2D eigenvalue weighted by atomic mass is 10.1. The van der Waals surface area contributed by atoms with Crippen LogP contribution in [-0.4, -0.2) is 19.8 Å². The van der Waals surface area contributed by atoms with Crippen molar-refractivity contribution in [3.8, 4) is 0 Å². The summed E-state index contributed by atoms with van der Waals surface area (Å²) in [5.41, 5.74) is 6.68. The lowest BCUT2D eigenvalue weighted by Gasteiger charge is -2.23. The summed E-state index contributed by atoms with van der Waals surface area (Å²) >= 11 is 3.27. The van der Waals surface area contributed by atoms with Crippen LogP contribution in [-0.2, 0) is 6.54 Å². The molecule has 90 valence electrons. The summed E-state index contributed by atoms with van der Waals surface area (Å²) in [5.74, 6) is 0. The highest BCUT2D eigenvalue weighted by atomic mass is 79.9. The third kappa shape index (κ3) is 3.38. The van der Waals surface area contributed by atoms with Crippen LogP contribution in [0.4, 0.5) is 18.9 Å². The van der Waals surface area contributed by atoms with E-state index in [-0.39, 0.29) is 6.54 Å². The summed E-state index contributed by atoms with van der Waals surface area (Å²) in [4.78, 5) is 1.15. The molecule has 2 N–H and O–H groups in total. The molecule has 1 aromatic rings. The zero-order valence-electron chi connectivity index (χ0n) is 8.68. The molecule has 0 bridgehead atoms. The van der Waals surface area contributed by atoms with Gasteiger partial charge in [-0.2, -0.15) is 13.2 Å². The second-order valence-electron chi connectivity index (χ2n) is 3.41. The van der Waals surface area contributed by atoms with Crippen LogP contribution in [0.15, 0.2) is 22.7 Å². The number of anilines is 1. The predicted octanol–water partition coefficient (Wildman–Crippen LogP) is 2.91. The number of nitrogens with zero attached hydrogens (tertiary/aromatic N) is 1. The number of nitrogens with two attached hydrogens (primary N) is 1. The van der Waals surface area contributed by atoms with Gasteiger partial charge in [0.15, 0.2) is 0 Å². The Balaban J connectivity index is 2.99. The van der Waals surface area contributed by atoms with Crippen LogP contribution in [0.2, 0.25) is 0 Å². The number of hydrogen-bond donors (Lipinski definition) is 1. The Morgan fingerprint density at radius 1 is 1.38 bits per heavy atom. The third-order valence-electron chi connectivity index (χ3n) is 2.13. The van der Waals surface area contributed by atoms with Crippen molar-refractivity contribution in [2.24, 2.45) is 5.73 Å². The van der Waals surface area contributed by atoms with Gasteiger partial charge in [-0.15, -0.1) is 0 Å². The number of rotatable bonds is 3. The first kappa shape index (κ1) is 13.3. The molecule has 0 aliphatic carbocycles. The molecule has 16 heavy (non-hydrogen) atoms. The van der Waals surface area contributed by atoms with E-state index in [1.807, 2.05) is 0 Å². The first-order chi connectivity index (χ1) is 7.35. The number of benzene rings is 1. The van der Waals surface area contributed by atoms with Crippen LogP contribution >= 0.6 is 15.9 Å². The maximum Gasteiger partial charge on any atom is 0.405 e. The van der Waals surface area contributed by atoms with E-state index in [0.717, 1.165) is 9.37 Å². The van der Waals surface area contributed by atoms with Gasteiger partial charge in [0.1, 0.15) is 6.54 Å². The standard InChI is InChI=1S/C10H12BrF3N2/c1-16(6-10(12,13)14)9-4-2-3-8(11)7(9)5-15/h2-4H,5-6,15H2,1H3. The Kier molecular flexibility index (Phi) is 4.21. The summed E-state index contributed by atoms with van der Waals surface area (Å²) in [6.07, 6.45) is -4.22. The second-order valence-corrected chi connectivity index (χ2v) is 4.27. The molecular formula is C10H12BrF3N2. The van der Waals surface area contributed by atoms with E-state index in [1.165, 1.54) is 7.05 Å². The molecule has 1 rings (SSSR count). The Morgan fingerprint density at radius 2 is 2.00 bits per heavy atom. The van der Waals surface area contributed by atoms with Gasteiger partial charge in [-0.25, -0.2) is 0 Å². The Bertz CT molecular complexity index is 366. The van der Waals surface area contributed by atoms with Gasteiger partial charge in [0.2, 0.25) is 0 Å². The molecule has 0 fully saturated rings. The van der Waals surface area contributed by atoms with Crippen molar-refractivity contribution in [2.75, 3.05) is 18.5 Å². The maximum absolute atomic E-state index is 12.2. The fourth-order valence-electron chi connectivity index (χ4n) is 1.46. The molecule has 0 heterocycles. The lowest BCUT2D eigenvalue weighted by Crippen LogP contribution is -2.31. The molecule has 0 radical (unpaired) electrons. The summed E-state index contributed by atoms with van der Waals surface area (Å²) in [6.45, 7) is -0.796. The van der Waals surface area contributed by atoms with E-state index in [9.17, 15) is 13.2 Å². The van der Waals surface area contributed by atoms with Crippen molar-refractivity contribution >= 4 is 21.6 Å². The largest absolute Gasteiger partial charge is 0.405 e. The maximum atomic E-state index is 12.2. The van der Waals surface area contributed by atoms with Gasteiger partial charge in [0, 0.05) is 29.3 Å². The quantitative estimate of drug-likeness (QED) is 0.929. The van der Waals surface area contributed by atoms with Crippen LogP contribution in [0, 0.1) is 0 Å². The SMILES string of the molecule is CN(CC(F)(F)F)c1cccc(Br)c1CN. The number of hydrogen-bond acceptors (Lipinski definition) is 2. The first-order valence-electron chi connectivity index (χ1n) is 4.60. The minimum absolute atomic E-state index is 0.193. The molecule has 0 aliphatic rings. The van der Waals surface area contributed by atoms with E-state index >= 15 is 0 Å². The predicted molar refractivity (Wildman–Crippen MR) is 61.4 cm³/mol. The molecule has 0 spiro atoms. The van der Waals surface area contributed by atoms with Gasteiger partial charge >= 0.3 is 6.18 Å². The first-order valence-corrected chi connectivity index (χ1v) is 5.40. The summed E-state index contributed by atoms with van der Waals surface area (Å²) in [5, 5.41) is 0. The van der Waals surface area contributed by atoms with Crippen LogP contribution in [0.3, 0.4) is 0 Å². The molecule has 0 aromatic heterocycles. The number of alkyl halides is 3. The normalized spacial score (nSPS) is 11.6. The Morgan fingerprint density at radius 3 is 2.50 bits per heavy atom. The molecule has 0 aliphatic heterocycles. The van der Waals surface area contributed by atoms with E-state index in [2.05, 4.69) is 15.9 Å². The topological polar surface area (TPSA) is 29.3 Å². The summed E-state index contributed by atoms with van der Waals surface area (Å²) in [7, 11) is 1.40. The van der Waals surface area contributed by atoms with Crippen LogP contribution < -0.4 is 10.6 Å². The van der Waals surface area contributed by atoms with Crippen molar-refractivity contribution < 1.29 is 13.2 Å². The van der Waals surface area contributed by atoms with Gasteiger partial charge in [0.05, 0.1) is 0 Å². The van der Waals surface area contributed by atoms with Crippen LogP contribution in [0.5, 0.6) is 0 Å². The van der Waals surface area contributed by atoms with Crippen LogP contribution in [0.1, 0.15) is 5.56 Å². The van der Waals surface area contributed by atoms with Gasteiger partial charge in [-0.05, 0) is 12.1 Å². The summed E-state index contributed by atoms with van der Waals surface area (Å²) < 4.78 is 37.5. The van der Waals surface area contributed by atoms with Crippen molar-refractivity contribution in [3.05, 3.63) is 28.2 Å². The zero-order chi connectivity index (χ0) is 12.3. The lowest BCUT2D eigenvalue weighted by molar-refractivity contribution is -0.119. The molecule has 0 unspecified atom stereocenters. The molecule has 6 heteroatoms. The highest BCUT2D eigenvalue weighted by Crippen LogP contribution is 2.28. The molecule has 0 saturated heterocycles. The van der Waals surface area contributed by atoms with Crippen molar-refractivity contribution in [3.63, 3.8) is 0 Å². The zero-order valence-corrected chi connectivity index (χ0v) is 10.3. The fraction of sp³-hybridized carbons (Fsp3) is 0.400. The molecule has 0 saturated carbocycles. The van der Waals surface area contributed by atoms with Gasteiger partial charge in [0.25, 0.3) is 0 Å². The van der Waals surface area contributed by atoms with Gasteiger partial charge in [-0.1, -0.05) is 22.0 Å². The molecular weight excluding hydrogens is 285 g/mol. The third-order valence-corrected chi connectivity index (χ3v) is 2.87. The Labute approximate surface area is 100 Å². The second kappa shape index (κ2) is 5.05. The monoisotopic (exact) mass is 296 g/mol.